The lowest BCUT2D eigenvalue weighted by molar-refractivity contribution is 0.181. The molecule has 1 aromatic rings. The number of aliphatic hydroxyl groups excluding tert-OH is 1. The van der Waals surface area contributed by atoms with Crippen molar-refractivity contribution in [3.63, 3.8) is 0 Å². The molecule has 0 aromatic carbocycles. The first-order chi connectivity index (χ1) is 6.27. The number of nitrogens with zero attached hydrogens (tertiary/aromatic N) is 2. The molecule has 0 saturated carbocycles. The van der Waals surface area contributed by atoms with Crippen LogP contribution in [0.1, 0.15) is 17.6 Å². The van der Waals surface area contributed by atoms with Gasteiger partial charge in [0.05, 0.1) is 5.69 Å². The number of rotatable bonds is 4. The summed E-state index contributed by atoms with van der Waals surface area (Å²) in [7, 11) is 0. The van der Waals surface area contributed by atoms with Crippen LogP contribution >= 0.6 is 0 Å². The second kappa shape index (κ2) is 4.86. The van der Waals surface area contributed by atoms with Crippen molar-refractivity contribution in [3.8, 4) is 0 Å². The van der Waals surface area contributed by atoms with E-state index in [-0.39, 0.29) is 6.54 Å². The summed E-state index contributed by atoms with van der Waals surface area (Å²) in [5, 5.41) is 9.38. The highest BCUT2D eigenvalue weighted by Crippen LogP contribution is 2.06. The average Bonchev–Trinajstić information content (AvgIpc) is 2.18. The summed E-state index contributed by atoms with van der Waals surface area (Å²) < 4.78 is 0. The predicted octanol–water partition coefficient (Wildman–Crippen LogP) is -1.03. The maximum atomic E-state index is 9.38. The molecule has 5 N–H and O–H groups in total. The summed E-state index contributed by atoms with van der Waals surface area (Å²) in [4.78, 5) is 8.11. The topological polar surface area (TPSA) is 98.0 Å². The summed E-state index contributed by atoms with van der Waals surface area (Å²) >= 11 is 0. The van der Waals surface area contributed by atoms with Gasteiger partial charge < -0.3 is 16.6 Å². The Morgan fingerprint density at radius 3 is 2.85 bits per heavy atom. The molecule has 0 fully saturated rings. The van der Waals surface area contributed by atoms with Gasteiger partial charge in [0.1, 0.15) is 11.9 Å². The van der Waals surface area contributed by atoms with Crippen molar-refractivity contribution in [1.82, 2.24) is 9.97 Å². The average molecular weight is 182 g/mol. The number of hydrogen-bond acceptors (Lipinski definition) is 5. The maximum Gasteiger partial charge on any atom is 0.129 e. The Labute approximate surface area is 76.8 Å². The van der Waals surface area contributed by atoms with Crippen molar-refractivity contribution in [2.75, 3.05) is 13.1 Å². The fraction of sp³-hybridized carbons (Fsp3) is 0.500. The summed E-state index contributed by atoms with van der Waals surface area (Å²) in [6, 6.07) is 1.65. The van der Waals surface area contributed by atoms with Gasteiger partial charge >= 0.3 is 0 Å². The third-order valence-corrected chi connectivity index (χ3v) is 1.66. The maximum absolute atomic E-state index is 9.38. The first kappa shape index (κ1) is 10.0. The molecule has 13 heavy (non-hydrogen) atoms. The van der Waals surface area contributed by atoms with Crippen LogP contribution < -0.4 is 11.5 Å². The molecule has 1 unspecified atom stereocenters. The van der Waals surface area contributed by atoms with Crippen molar-refractivity contribution in [2.24, 2.45) is 11.5 Å². The Kier molecular flexibility index (Phi) is 3.75. The smallest absolute Gasteiger partial charge is 0.129 e. The van der Waals surface area contributed by atoms with E-state index in [4.69, 9.17) is 11.5 Å². The molecule has 1 heterocycles. The van der Waals surface area contributed by atoms with E-state index in [1.165, 1.54) is 0 Å². The first-order valence-corrected chi connectivity index (χ1v) is 4.18. The van der Waals surface area contributed by atoms with Gasteiger partial charge in [-0.1, -0.05) is 0 Å². The van der Waals surface area contributed by atoms with Crippen molar-refractivity contribution in [3.05, 3.63) is 23.8 Å². The van der Waals surface area contributed by atoms with Crippen LogP contribution in [0.2, 0.25) is 0 Å². The second-order valence-corrected chi connectivity index (χ2v) is 2.69. The van der Waals surface area contributed by atoms with Gasteiger partial charge in [0, 0.05) is 19.2 Å². The van der Waals surface area contributed by atoms with Gasteiger partial charge in [-0.2, -0.15) is 0 Å². The Morgan fingerprint density at radius 2 is 2.23 bits per heavy atom. The van der Waals surface area contributed by atoms with Crippen LogP contribution in [-0.4, -0.2) is 28.2 Å². The van der Waals surface area contributed by atoms with Gasteiger partial charge in [0.15, 0.2) is 0 Å². The van der Waals surface area contributed by atoms with E-state index in [2.05, 4.69) is 9.97 Å². The minimum atomic E-state index is -0.709. The summed E-state index contributed by atoms with van der Waals surface area (Å²) in [6.07, 6.45) is 1.51. The molecular formula is C8H14N4O. The van der Waals surface area contributed by atoms with Gasteiger partial charge in [-0.3, -0.25) is 0 Å². The lowest BCUT2D eigenvalue weighted by Crippen LogP contribution is -2.15. The molecule has 5 nitrogen and oxygen atoms in total. The van der Waals surface area contributed by atoms with Crippen LogP contribution in [-0.2, 0) is 6.42 Å². The molecule has 5 heteroatoms. The number of hydrogen-bond donors (Lipinski definition) is 3. The van der Waals surface area contributed by atoms with E-state index < -0.39 is 6.10 Å². The molecule has 72 valence electrons. The molecule has 1 atom stereocenters. The molecular weight excluding hydrogens is 168 g/mol. The van der Waals surface area contributed by atoms with Crippen LogP contribution in [0.15, 0.2) is 12.3 Å². The quantitative estimate of drug-likeness (QED) is 0.553. The molecule has 0 saturated heterocycles. The predicted molar refractivity (Wildman–Crippen MR) is 48.8 cm³/mol. The van der Waals surface area contributed by atoms with E-state index in [0.717, 1.165) is 0 Å². The largest absolute Gasteiger partial charge is 0.385 e. The molecule has 0 radical (unpaired) electrons. The van der Waals surface area contributed by atoms with E-state index in [1.807, 2.05) is 0 Å². The van der Waals surface area contributed by atoms with Crippen LogP contribution in [0, 0.1) is 0 Å². The standard InChI is InChI=1S/C8H14N4O/c9-3-1-8-11-4-2-6(12-8)7(13)5-10/h2,4,7,13H,1,3,5,9-10H2. The minimum absolute atomic E-state index is 0.166. The SMILES string of the molecule is NCCc1nccc(C(O)CN)n1. The zero-order valence-corrected chi connectivity index (χ0v) is 7.35. The van der Waals surface area contributed by atoms with E-state index in [9.17, 15) is 5.11 Å². The fourth-order valence-corrected chi connectivity index (χ4v) is 0.971. The Balaban J connectivity index is 2.78. The minimum Gasteiger partial charge on any atom is -0.385 e. The zero-order valence-electron chi connectivity index (χ0n) is 7.35. The molecule has 0 aliphatic heterocycles. The first-order valence-electron chi connectivity index (χ1n) is 4.18. The summed E-state index contributed by atoms with van der Waals surface area (Å²) in [5.74, 6) is 0.646. The van der Waals surface area contributed by atoms with Gasteiger partial charge in [-0.25, -0.2) is 9.97 Å². The van der Waals surface area contributed by atoms with Crippen molar-refractivity contribution < 1.29 is 5.11 Å². The normalized spacial score (nSPS) is 12.8. The van der Waals surface area contributed by atoms with Crippen molar-refractivity contribution in [2.45, 2.75) is 12.5 Å². The summed E-state index contributed by atoms with van der Waals surface area (Å²) in [6.45, 7) is 0.668. The molecule has 0 spiro atoms. The van der Waals surface area contributed by atoms with Crippen molar-refractivity contribution >= 4 is 0 Å². The number of nitrogens with two attached hydrogens (primary N) is 2. The highest BCUT2D eigenvalue weighted by molar-refractivity contribution is 5.06. The van der Waals surface area contributed by atoms with Crippen LogP contribution in [0.25, 0.3) is 0 Å². The third kappa shape index (κ3) is 2.73. The number of aliphatic hydroxyl groups is 1. The van der Waals surface area contributed by atoms with Gasteiger partial charge in [-0.05, 0) is 12.6 Å². The van der Waals surface area contributed by atoms with Crippen LogP contribution in [0.3, 0.4) is 0 Å². The molecule has 0 aliphatic rings. The highest BCUT2D eigenvalue weighted by atomic mass is 16.3. The molecule has 1 aromatic heterocycles. The highest BCUT2D eigenvalue weighted by Gasteiger charge is 2.07. The third-order valence-electron chi connectivity index (χ3n) is 1.66. The zero-order chi connectivity index (χ0) is 9.68. The Bertz CT molecular complexity index is 266. The fourth-order valence-electron chi connectivity index (χ4n) is 0.971. The summed E-state index contributed by atoms with van der Waals surface area (Å²) in [5.41, 5.74) is 11.2. The monoisotopic (exact) mass is 182 g/mol. The van der Waals surface area contributed by atoms with Gasteiger partial charge in [0.25, 0.3) is 0 Å². The van der Waals surface area contributed by atoms with E-state index in [1.54, 1.807) is 12.3 Å². The molecule has 1 rings (SSSR count). The number of aromatic nitrogens is 2. The van der Waals surface area contributed by atoms with Crippen molar-refractivity contribution in [1.29, 1.82) is 0 Å². The van der Waals surface area contributed by atoms with E-state index >= 15 is 0 Å². The Morgan fingerprint density at radius 1 is 1.46 bits per heavy atom. The lowest BCUT2D eigenvalue weighted by atomic mass is 10.2. The molecule has 0 bridgehead atoms. The second-order valence-electron chi connectivity index (χ2n) is 2.69. The van der Waals surface area contributed by atoms with Gasteiger partial charge in [-0.15, -0.1) is 0 Å². The van der Waals surface area contributed by atoms with Crippen LogP contribution in [0.4, 0.5) is 0 Å². The molecule has 0 aliphatic carbocycles. The molecule has 0 amide bonds. The Hall–Kier alpha value is -1.04. The van der Waals surface area contributed by atoms with Crippen LogP contribution in [0.5, 0.6) is 0 Å². The lowest BCUT2D eigenvalue weighted by Gasteiger charge is -2.07. The van der Waals surface area contributed by atoms with E-state index in [0.29, 0.717) is 24.5 Å². The van der Waals surface area contributed by atoms with Gasteiger partial charge in [0.2, 0.25) is 0 Å².